The summed E-state index contributed by atoms with van der Waals surface area (Å²) in [5.41, 5.74) is 1.55. The van der Waals surface area contributed by atoms with Crippen LogP contribution in [0.1, 0.15) is 43.0 Å². The van der Waals surface area contributed by atoms with Crippen LogP contribution < -0.4 is 5.32 Å². The molecule has 1 aromatic heterocycles. The van der Waals surface area contributed by atoms with Crippen molar-refractivity contribution in [2.45, 2.75) is 44.7 Å². The number of piperidine rings is 1. The molecule has 2 aliphatic heterocycles. The van der Waals surface area contributed by atoms with Gasteiger partial charge in [0, 0.05) is 75.5 Å². The fourth-order valence-electron chi connectivity index (χ4n) is 4.81. The van der Waals surface area contributed by atoms with E-state index in [9.17, 15) is 9.59 Å². The van der Waals surface area contributed by atoms with Gasteiger partial charge in [0.25, 0.3) is 5.91 Å². The van der Waals surface area contributed by atoms with Gasteiger partial charge < -0.3 is 15.0 Å². The lowest BCUT2D eigenvalue weighted by Crippen LogP contribution is -2.53. The summed E-state index contributed by atoms with van der Waals surface area (Å²) in [6.07, 6.45) is 5.79. The van der Waals surface area contributed by atoms with Gasteiger partial charge in [0.2, 0.25) is 5.91 Å². The van der Waals surface area contributed by atoms with E-state index in [0.29, 0.717) is 24.2 Å². The Hall–Kier alpha value is -2.51. The van der Waals surface area contributed by atoms with Crippen LogP contribution in [0.5, 0.6) is 0 Å². The molecule has 2 amide bonds. The van der Waals surface area contributed by atoms with E-state index in [2.05, 4.69) is 15.2 Å². The summed E-state index contributed by atoms with van der Waals surface area (Å²) in [5, 5.41) is 4.07. The molecule has 0 spiro atoms. The number of fused-ring (bicyclic) bond motifs is 1. The van der Waals surface area contributed by atoms with Crippen LogP contribution in [0.4, 0.5) is 0 Å². The van der Waals surface area contributed by atoms with Gasteiger partial charge in [-0.25, -0.2) is 0 Å². The summed E-state index contributed by atoms with van der Waals surface area (Å²) in [5.74, 6) is 0.109. The molecule has 2 saturated heterocycles. The average molecular weight is 425 g/mol. The molecule has 1 aromatic carbocycles. The van der Waals surface area contributed by atoms with Crippen molar-refractivity contribution in [3.63, 3.8) is 0 Å². The van der Waals surface area contributed by atoms with E-state index in [0.717, 1.165) is 69.4 Å². The van der Waals surface area contributed by atoms with Crippen molar-refractivity contribution in [1.82, 2.24) is 20.1 Å². The largest absolute Gasteiger partial charge is 0.381 e. The molecular weight excluding hydrogens is 392 g/mol. The summed E-state index contributed by atoms with van der Waals surface area (Å²) in [7, 11) is 0. The van der Waals surface area contributed by atoms with Gasteiger partial charge in [-0.1, -0.05) is 6.07 Å². The Bertz CT molecular complexity index is 905. The van der Waals surface area contributed by atoms with E-state index in [-0.39, 0.29) is 11.8 Å². The van der Waals surface area contributed by atoms with Crippen molar-refractivity contribution in [3.05, 3.63) is 42.1 Å². The number of pyridine rings is 1. The minimum Gasteiger partial charge on any atom is -0.381 e. The molecule has 2 aliphatic rings. The number of likely N-dealkylation sites (tertiary alicyclic amines) is 1. The smallest absolute Gasteiger partial charge is 0.251 e. The average Bonchev–Trinajstić information content (AvgIpc) is 2.82. The predicted molar refractivity (Wildman–Crippen MR) is 120 cm³/mol. The molecule has 0 radical (unpaired) electrons. The first-order valence-electron chi connectivity index (χ1n) is 11.3. The molecule has 0 bridgehead atoms. The van der Waals surface area contributed by atoms with Crippen LogP contribution in [0, 0.1) is 0 Å². The van der Waals surface area contributed by atoms with Gasteiger partial charge in [-0.15, -0.1) is 0 Å². The van der Waals surface area contributed by atoms with Crippen molar-refractivity contribution >= 4 is 22.7 Å². The highest BCUT2D eigenvalue weighted by atomic mass is 16.5. The lowest BCUT2D eigenvalue weighted by Gasteiger charge is -2.43. The molecule has 7 nitrogen and oxygen atoms in total. The summed E-state index contributed by atoms with van der Waals surface area (Å²) >= 11 is 0. The molecule has 31 heavy (non-hydrogen) atoms. The van der Waals surface area contributed by atoms with Crippen molar-refractivity contribution in [3.8, 4) is 0 Å². The van der Waals surface area contributed by atoms with Crippen molar-refractivity contribution in [2.75, 3.05) is 39.4 Å². The maximum absolute atomic E-state index is 12.7. The second-order valence-electron chi connectivity index (χ2n) is 8.49. The van der Waals surface area contributed by atoms with Gasteiger partial charge in [0.15, 0.2) is 0 Å². The molecular formula is C24H32N4O3. The molecule has 7 heteroatoms. The third kappa shape index (κ3) is 5.40. The number of hydrogen-bond acceptors (Lipinski definition) is 5. The lowest BCUT2D eigenvalue weighted by atomic mass is 9.98. The van der Waals surface area contributed by atoms with Crippen molar-refractivity contribution < 1.29 is 14.3 Å². The maximum atomic E-state index is 12.7. The minimum atomic E-state index is -0.0518. The van der Waals surface area contributed by atoms with Crippen LogP contribution in [0.15, 0.2) is 36.5 Å². The zero-order chi connectivity index (χ0) is 21.6. The number of hydrogen-bond donors (Lipinski definition) is 1. The van der Waals surface area contributed by atoms with Gasteiger partial charge >= 0.3 is 0 Å². The first kappa shape index (κ1) is 21.7. The fourth-order valence-corrected chi connectivity index (χ4v) is 4.81. The second-order valence-corrected chi connectivity index (χ2v) is 8.49. The standard InChI is InChI=1S/C24H32N4O3/c1-18(29)27-12-6-21(7-13-27)28(22-8-15-31-16-9-22)14-11-26-24(30)20-4-5-23-19(17-20)3-2-10-25-23/h2-5,10,17,21-22H,6-9,11-16H2,1H3,(H,26,30). The van der Waals surface area contributed by atoms with Gasteiger partial charge in [0.1, 0.15) is 0 Å². The van der Waals surface area contributed by atoms with Crippen molar-refractivity contribution in [2.24, 2.45) is 0 Å². The molecule has 2 aromatic rings. The number of aromatic nitrogens is 1. The van der Waals surface area contributed by atoms with Crippen LogP contribution in [0.2, 0.25) is 0 Å². The van der Waals surface area contributed by atoms with Crippen molar-refractivity contribution in [1.29, 1.82) is 0 Å². The fraction of sp³-hybridized carbons (Fsp3) is 0.542. The molecule has 4 rings (SSSR count). The Morgan fingerprint density at radius 1 is 1.13 bits per heavy atom. The molecule has 0 atom stereocenters. The monoisotopic (exact) mass is 424 g/mol. The number of rotatable bonds is 6. The zero-order valence-electron chi connectivity index (χ0n) is 18.3. The molecule has 166 valence electrons. The molecule has 0 unspecified atom stereocenters. The quantitative estimate of drug-likeness (QED) is 0.771. The highest BCUT2D eigenvalue weighted by molar-refractivity contribution is 5.97. The summed E-state index contributed by atoms with van der Waals surface area (Å²) in [6, 6.07) is 10.4. The topological polar surface area (TPSA) is 74.8 Å². The molecule has 2 fully saturated rings. The van der Waals surface area contributed by atoms with Gasteiger partial charge in [-0.3, -0.25) is 19.5 Å². The summed E-state index contributed by atoms with van der Waals surface area (Å²) in [4.78, 5) is 33.2. The number of carbonyl (C=O) groups excluding carboxylic acids is 2. The number of nitrogens with one attached hydrogen (secondary N) is 1. The zero-order valence-corrected chi connectivity index (χ0v) is 18.3. The van der Waals surface area contributed by atoms with E-state index in [4.69, 9.17) is 4.74 Å². The third-order valence-electron chi connectivity index (χ3n) is 6.56. The Kier molecular flexibility index (Phi) is 7.14. The molecule has 1 N–H and O–H groups in total. The second kappa shape index (κ2) is 10.2. The number of ether oxygens (including phenoxy) is 1. The van der Waals surface area contributed by atoms with E-state index < -0.39 is 0 Å². The normalized spacial score (nSPS) is 18.5. The highest BCUT2D eigenvalue weighted by Crippen LogP contribution is 2.23. The van der Waals surface area contributed by atoms with Crippen LogP contribution in [-0.2, 0) is 9.53 Å². The third-order valence-corrected chi connectivity index (χ3v) is 6.56. The predicted octanol–water partition coefficient (Wildman–Crippen LogP) is 2.46. The Labute approximate surface area is 183 Å². The number of nitrogens with zero attached hydrogens (tertiary/aromatic N) is 3. The highest BCUT2D eigenvalue weighted by Gasteiger charge is 2.31. The maximum Gasteiger partial charge on any atom is 0.251 e. The molecule has 3 heterocycles. The van der Waals surface area contributed by atoms with Gasteiger partial charge in [-0.05, 0) is 49.9 Å². The first-order chi connectivity index (χ1) is 15.1. The Morgan fingerprint density at radius 3 is 2.61 bits per heavy atom. The number of benzene rings is 1. The van der Waals surface area contributed by atoms with Gasteiger partial charge in [-0.2, -0.15) is 0 Å². The minimum absolute atomic E-state index is 0.0518. The van der Waals surface area contributed by atoms with Gasteiger partial charge in [0.05, 0.1) is 5.52 Å². The van der Waals surface area contributed by atoms with E-state index in [1.54, 1.807) is 13.1 Å². The lowest BCUT2D eigenvalue weighted by molar-refractivity contribution is -0.130. The summed E-state index contributed by atoms with van der Waals surface area (Å²) in [6.45, 7) is 6.30. The van der Waals surface area contributed by atoms with E-state index in [1.807, 2.05) is 35.2 Å². The van der Waals surface area contributed by atoms with E-state index in [1.165, 1.54) is 0 Å². The molecule has 0 saturated carbocycles. The SMILES string of the molecule is CC(=O)N1CCC(N(CCNC(=O)c2ccc3ncccc3c2)C2CCOCC2)CC1. The van der Waals surface area contributed by atoms with E-state index >= 15 is 0 Å². The van der Waals surface area contributed by atoms with Crippen LogP contribution >= 0.6 is 0 Å². The summed E-state index contributed by atoms with van der Waals surface area (Å²) < 4.78 is 5.57. The molecule has 0 aliphatic carbocycles. The number of carbonyl (C=O) groups is 2. The van der Waals surface area contributed by atoms with Crippen LogP contribution in [-0.4, -0.2) is 78.1 Å². The van der Waals surface area contributed by atoms with Crippen LogP contribution in [0.25, 0.3) is 10.9 Å². The Morgan fingerprint density at radius 2 is 1.87 bits per heavy atom. The number of amides is 2. The Balaban J connectivity index is 1.36. The van der Waals surface area contributed by atoms with Crippen LogP contribution in [0.3, 0.4) is 0 Å². The first-order valence-corrected chi connectivity index (χ1v) is 11.3.